The zero-order valence-electron chi connectivity index (χ0n) is 6.53. The third-order valence-electron chi connectivity index (χ3n) is 1.22. The first-order chi connectivity index (χ1) is 5.43. The average Bonchev–Trinajstić information content (AvgIpc) is 2.07. The number of aromatic nitrogens is 1. The molecule has 0 saturated heterocycles. The fourth-order valence-corrected chi connectivity index (χ4v) is 0.699. The van der Waals surface area contributed by atoms with Gasteiger partial charge in [0.05, 0.1) is 13.2 Å². The highest BCUT2D eigenvalue weighted by atomic mass is 16.5. The lowest BCUT2D eigenvalue weighted by atomic mass is 10.4. The van der Waals surface area contributed by atoms with Gasteiger partial charge in [-0.15, -0.1) is 0 Å². The number of nitrogens with zero attached hydrogens (tertiary/aromatic N) is 2. The van der Waals surface area contributed by atoms with Crippen LogP contribution < -0.4 is 5.32 Å². The van der Waals surface area contributed by atoms with Crippen LogP contribution in [0.4, 0.5) is 5.82 Å². The molecular weight excluding hydrogens is 140 g/mol. The van der Waals surface area contributed by atoms with Gasteiger partial charge in [0.2, 0.25) is 0 Å². The summed E-state index contributed by atoms with van der Waals surface area (Å²) in [6, 6.07) is 5.66. The van der Waals surface area contributed by atoms with E-state index in [1.54, 1.807) is 13.3 Å². The molecule has 1 aromatic rings. The Morgan fingerprint density at radius 1 is 1.55 bits per heavy atom. The number of hydrogen-bond donors (Lipinski definition) is 0. The summed E-state index contributed by atoms with van der Waals surface area (Å²) in [5.74, 6) is 0.768. The predicted octanol–water partition coefficient (Wildman–Crippen LogP) is 0.964. The molecule has 0 unspecified atom stereocenters. The molecule has 0 aliphatic rings. The van der Waals surface area contributed by atoms with Crippen molar-refractivity contribution in [1.82, 2.24) is 10.3 Å². The van der Waals surface area contributed by atoms with Gasteiger partial charge in [0.15, 0.2) is 0 Å². The SMILES string of the molecule is COCC[N]c1ccccn1. The molecule has 1 heterocycles. The van der Waals surface area contributed by atoms with Crippen LogP contribution in [-0.2, 0) is 4.74 Å². The lowest BCUT2D eigenvalue weighted by molar-refractivity contribution is 0.202. The van der Waals surface area contributed by atoms with E-state index in [9.17, 15) is 0 Å². The van der Waals surface area contributed by atoms with Crippen LogP contribution in [0, 0.1) is 0 Å². The molecule has 0 atom stereocenters. The highest BCUT2D eigenvalue weighted by Crippen LogP contribution is 1.98. The van der Waals surface area contributed by atoms with E-state index < -0.39 is 0 Å². The molecule has 0 bridgehead atoms. The topological polar surface area (TPSA) is 36.2 Å². The van der Waals surface area contributed by atoms with Crippen LogP contribution in [0.15, 0.2) is 24.4 Å². The van der Waals surface area contributed by atoms with E-state index in [4.69, 9.17) is 4.74 Å². The minimum absolute atomic E-state index is 0.649. The maximum absolute atomic E-state index is 4.84. The van der Waals surface area contributed by atoms with Crippen LogP contribution in [0.3, 0.4) is 0 Å². The lowest BCUT2D eigenvalue weighted by Crippen LogP contribution is -2.07. The first-order valence-electron chi connectivity index (χ1n) is 3.51. The number of pyridine rings is 1. The van der Waals surface area contributed by atoms with Crippen LogP contribution in [0.25, 0.3) is 0 Å². The first kappa shape index (κ1) is 8.01. The summed E-state index contributed by atoms with van der Waals surface area (Å²) in [6.45, 7) is 1.32. The van der Waals surface area contributed by atoms with Crippen LogP contribution >= 0.6 is 0 Å². The highest BCUT2D eigenvalue weighted by Gasteiger charge is 1.90. The maximum atomic E-state index is 4.84. The van der Waals surface area contributed by atoms with E-state index in [1.165, 1.54) is 0 Å². The fourth-order valence-electron chi connectivity index (χ4n) is 0.699. The Balaban J connectivity index is 2.28. The Kier molecular flexibility index (Phi) is 3.41. The van der Waals surface area contributed by atoms with Gasteiger partial charge >= 0.3 is 0 Å². The van der Waals surface area contributed by atoms with E-state index in [-0.39, 0.29) is 0 Å². The van der Waals surface area contributed by atoms with E-state index in [0.29, 0.717) is 13.2 Å². The molecule has 1 aromatic heterocycles. The summed E-state index contributed by atoms with van der Waals surface area (Å²) in [5.41, 5.74) is 0. The minimum atomic E-state index is 0.649. The van der Waals surface area contributed by atoms with Crippen molar-refractivity contribution in [3.05, 3.63) is 24.4 Å². The van der Waals surface area contributed by atoms with Crippen molar-refractivity contribution >= 4 is 5.82 Å². The van der Waals surface area contributed by atoms with Gasteiger partial charge in [0.25, 0.3) is 0 Å². The molecule has 0 aromatic carbocycles. The zero-order valence-corrected chi connectivity index (χ0v) is 6.53. The van der Waals surface area contributed by atoms with Gasteiger partial charge < -0.3 is 4.74 Å². The van der Waals surface area contributed by atoms with Crippen molar-refractivity contribution in [1.29, 1.82) is 0 Å². The summed E-state index contributed by atoms with van der Waals surface area (Å²) < 4.78 is 4.84. The third-order valence-corrected chi connectivity index (χ3v) is 1.22. The second-order valence-corrected chi connectivity index (χ2v) is 2.06. The van der Waals surface area contributed by atoms with Crippen molar-refractivity contribution in [3.8, 4) is 0 Å². The van der Waals surface area contributed by atoms with Crippen LogP contribution in [0.5, 0.6) is 0 Å². The summed E-state index contributed by atoms with van der Waals surface area (Å²) in [5, 5.41) is 4.16. The Hall–Kier alpha value is -1.09. The molecule has 3 nitrogen and oxygen atoms in total. The van der Waals surface area contributed by atoms with Crippen LogP contribution in [0.1, 0.15) is 0 Å². The molecular formula is C8H11N2O. The van der Waals surface area contributed by atoms with Gasteiger partial charge in [0, 0.05) is 13.3 Å². The lowest BCUT2D eigenvalue weighted by Gasteiger charge is -1.99. The van der Waals surface area contributed by atoms with Gasteiger partial charge in [-0.2, -0.15) is 0 Å². The average molecular weight is 151 g/mol. The molecule has 0 fully saturated rings. The predicted molar refractivity (Wildman–Crippen MR) is 42.8 cm³/mol. The molecule has 59 valence electrons. The van der Waals surface area contributed by atoms with Gasteiger partial charge in [-0.1, -0.05) is 6.07 Å². The molecule has 1 radical (unpaired) electrons. The van der Waals surface area contributed by atoms with Crippen molar-refractivity contribution in [2.45, 2.75) is 0 Å². The monoisotopic (exact) mass is 151 g/mol. The molecule has 0 saturated carbocycles. The van der Waals surface area contributed by atoms with Gasteiger partial charge in [-0.3, -0.25) is 5.32 Å². The Morgan fingerprint density at radius 2 is 2.45 bits per heavy atom. The van der Waals surface area contributed by atoms with Crippen molar-refractivity contribution in [2.75, 3.05) is 20.3 Å². The zero-order chi connectivity index (χ0) is 7.94. The molecule has 0 N–H and O–H groups in total. The van der Waals surface area contributed by atoms with Gasteiger partial charge in [0.1, 0.15) is 5.82 Å². The number of rotatable bonds is 4. The Labute approximate surface area is 66.4 Å². The van der Waals surface area contributed by atoms with Crippen molar-refractivity contribution in [2.24, 2.45) is 0 Å². The fraction of sp³-hybridized carbons (Fsp3) is 0.375. The quantitative estimate of drug-likeness (QED) is 0.601. The molecule has 0 spiro atoms. The summed E-state index contributed by atoms with van der Waals surface area (Å²) in [7, 11) is 1.66. The number of methoxy groups -OCH3 is 1. The first-order valence-corrected chi connectivity index (χ1v) is 3.51. The summed E-state index contributed by atoms with van der Waals surface area (Å²) >= 11 is 0. The standard InChI is InChI=1S/C8H11N2O/c1-11-7-6-10-8-4-2-3-5-9-8/h2-5H,6-7H2,1H3. The molecule has 0 aliphatic heterocycles. The number of ether oxygens (including phenoxy) is 1. The van der Waals surface area contributed by atoms with Crippen LogP contribution in [0.2, 0.25) is 0 Å². The van der Waals surface area contributed by atoms with Crippen molar-refractivity contribution < 1.29 is 4.74 Å². The largest absolute Gasteiger partial charge is 0.383 e. The van der Waals surface area contributed by atoms with Gasteiger partial charge in [-0.05, 0) is 12.1 Å². The van der Waals surface area contributed by atoms with E-state index in [0.717, 1.165) is 5.82 Å². The van der Waals surface area contributed by atoms with Crippen LogP contribution in [-0.4, -0.2) is 25.2 Å². The van der Waals surface area contributed by atoms with Gasteiger partial charge in [-0.25, -0.2) is 4.98 Å². The smallest absolute Gasteiger partial charge is 0.147 e. The van der Waals surface area contributed by atoms with E-state index in [2.05, 4.69) is 10.3 Å². The number of hydrogen-bond acceptors (Lipinski definition) is 2. The highest BCUT2D eigenvalue weighted by molar-refractivity contribution is 5.23. The second kappa shape index (κ2) is 4.68. The summed E-state index contributed by atoms with van der Waals surface area (Å²) in [6.07, 6.45) is 1.73. The second-order valence-electron chi connectivity index (χ2n) is 2.06. The maximum Gasteiger partial charge on any atom is 0.147 e. The van der Waals surface area contributed by atoms with E-state index in [1.807, 2.05) is 18.2 Å². The van der Waals surface area contributed by atoms with E-state index >= 15 is 0 Å². The van der Waals surface area contributed by atoms with Crippen molar-refractivity contribution in [3.63, 3.8) is 0 Å². The molecule has 3 heteroatoms. The summed E-state index contributed by atoms with van der Waals surface area (Å²) in [4.78, 5) is 4.03. The molecule has 1 rings (SSSR count). The molecule has 0 amide bonds. The minimum Gasteiger partial charge on any atom is -0.383 e. The third kappa shape index (κ3) is 3.00. The molecule has 11 heavy (non-hydrogen) atoms. The normalized spacial score (nSPS) is 9.55. The molecule has 0 aliphatic carbocycles. The Morgan fingerprint density at radius 3 is 3.09 bits per heavy atom. The Bertz CT molecular complexity index is 189.